The number of carbonyl (C=O) groups excluding carboxylic acids is 2. The summed E-state index contributed by atoms with van der Waals surface area (Å²) in [4.78, 5) is 37.4. The molecule has 3 amide bonds. The first-order valence-electron chi connectivity index (χ1n) is 16.0. The van der Waals surface area contributed by atoms with Gasteiger partial charge in [-0.25, -0.2) is 14.4 Å². The molecule has 0 bridgehead atoms. The molecule has 1 fully saturated rings. The summed E-state index contributed by atoms with van der Waals surface area (Å²) in [6.45, 7) is 8.62. The van der Waals surface area contributed by atoms with Gasteiger partial charge in [0.25, 0.3) is 0 Å². The van der Waals surface area contributed by atoms with Crippen molar-refractivity contribution >= 4 is 23.8 Å². The van der Waals surface area contributed by atoms with E-state index in [1.165, 1.54) is 0 Å². The molecule has 45 heavy (non-hydrogen) atoms. The fraction of sp³-hybridized carbons (Fsp3) is 0.559. The number of nitrogens with zero attached hydrogens (tertiary/aromatic N) is 1. The number of hydrogen-bond donors (Lipinski definition) is 3. The lowest BCUT2D eigenvalue weighted by atomic mass is 10.0. The van der Waals surface area contributed by atoms with Gasteiger partial charge in [0.2, 0.25) is 5.79 Å². The molecule has 4 rings (SSSR count). The lowest BCUT2D eigenvalue weighted by molar-refractivity contribution is -0.180. The second-order valence-electron chi connectivity index (χ2n) is 12.1. The Bertz CT molecular complexity index is 1300. The van der Waals surface area contributed by atoms with E-state index < -0.39 is 23.8 Å². The van der Waals surface area contributed by atoms with Gasteiger partial charge in [-0.3, -0.25) is 0 Å². The van der Waals surface area contributed by atoms with Gasteiger partial charge in [0.05, 0.1) is 13.2 Å². The van der Waals surface area contributed by atoms with E-state index in [1.54, 1.807) is 17.9 Å². The minimum atomic E-state index is -1.05. The summed E-state index contributed by atoms with van der Waals surface area (Å²) in [5.41, 5.74) is 3.66. The molecule has 0 saturated carbocycles. The lowest BCUT2D eigenvalue weighted by Crippen LogP contribution is -2.42. The highest BCUT2D eigenvalue weighted by Gasteiger charge is 2.33. The number of anilines is 1. The number of aryl methyl sites for hydroxylation is 1. The van der Waals surface area contributed by atoms with Crippen LogP contribution in [0.3, 0.4) is 0 Å². The molecule has 2 aromatic carbocycles. The summed E-state index contributed by atoms with van der Waals surface area (Å²) in [6, 6.07) is 12.0. The number of cyclic esters (lactones) is 1. The molecule has 1 unspecified atom stereocenters. The fourth-order valence-corrected chi connectivity index (χ4v) is 5.39. The Kier molecular flexibility index (Phi) is 12.5. The lowest BCUT2D eigenvalue weighted by Gasteiger charge is -2.32. The van der Waals surface area contributed by atoms with Crippen LogP contribution >= 0.6 is 0 Å². The zero-order valence-electron chi connectivity index (χ0n) is 26.6. The Morgan fingerprint density at radius 2 is 1.84 bits per heavy atom. The summed E-state index contributed by atoms with van der Waals surface area (Å²) in [5.74, 6) is -0.881. The number of hydrogen-bond acceptors (Lipinski definition) is 7. The number of urea groups is 1. The third-order valence-corrected chi connectivity index (χ3v) is 7.94. The molecule has 0 aromatic heterocycles. The predicted molar refractivity (Wildman–Crippen MR) is 169 cm³/mol. The molecular formula is C34H47N3O8. The minimum absolute atomic E-state index is 0.260. The zero-order chi connectivity index (χ0) is 32.2. The molecule has 0 radical (unpaired) electrons. The van der Waals surface area contributed by atoms with Crippen LogP contribution < -0.4 is 15.4 Å². The summed E-state index contributed by atoms with van der Waals surface area (Å²) in [5, 5.41) is 14.3. The molecule has 246 valence electrons. The van der Waals surface area contributed by atoms with Gasteiger partial charge in [0, 0.05) is 44.9 Å². The molecule has 0 spiro atoms. The molecule has 2 atom stereocenters. The van der Waals surface area contributed by atoms with Crippen LogP contribution in [0.25, 0.3) is 0 Å². The first-order chi connectivity index (χ1) is 21.6. The van der Waals surface area contributed by atoms with Crippen molar-refractivity contribution in [2.24, 2.45) is 0 Å². The van der Waals surface area contributed by atoms with Gasteiger partial charge in [-0.05, 0) is 73.9 Å². The van der Waals surface area contributed by atoms with Crippen molar-refractivity contribution in [2.45, 2.75) is 96.7 Å². The molecule has 0 aliphatic carbocycles. The van der Waals surface area contributed by atoms with E-state index in [1.807, 2.05) is 50.2 Å². The van der Waals surface area contributed by atoms with E-state index in [9.17, 15) is 14.4 Å². The van der Waals surface area contributed by atoms with Crippen LogP contribution in [0.5, 0.6) is 5.75 Å². The topological polar surface area (TPSA) is 136 Å². The summed E-state index contributed by atoms with van der Waals surface area (Å²) in [7, 11) is 0. The number of nitrogens with one attached hydrogen (secondary N) is 2. The molecule has 2 heterocycles. The number of amides is 3. The molecule has 2 aliphatic heterocycles. The second kappa shape index (κ2) is 16.5. The molecule has 11 heteroatoms. The normalized spacial score (nSPS) is 17.6. The maximum Gasteiger partial charge on any atom is 0.410 e. The van der Waals surface area contributed by atoms with Crippen molar-refractivity contribution < 1.29 is 38.4 Å². The first kappa shape index (κ1) is 34.1. The average Bonchev–Trinajstić information content (AvgIpc) is 3.38. The van der Waals surface area contributed by atoms with Crippen LogP contribution in [-0.4, -0.2) is 66.2 Å². The second-order valence-corrected chi connectivity index (χ2v) is 12.1. The van der Waals surface area contributed by atoms with Crippen LogP contribution in [0, 0.1) is 0 Å². The Hall–Kier alpha value is -3.83. The van der Waals surface area contributed by atoms with Crippen molar-refractivity contribution in [1.29, 1.82) is 0 Å². The van der Waals surface area contributed by atoms with Crippen molar-refractivity contribution in [3.63, 3.8) is 0 Å². The van der Waals surface area contributed by atoms with Crippen molar-refractivity contribution in [2.75, 3.05) is 31.6 Å². The van der Waals surface area contributed by atoms with Gasteiger partial charge in [-0.1, -0.05) is 38.0 Å². The highest BCUT2D eigenvalue weighted by atomic mass is 16.7. The largest absolute Gasteiger partial charge is 0.480 e. The predicted octanol–water partition coefficient (Wildman–Crippen LogP) is 6.41. The zero-order valence-corrected chi connectivity index (χ0v) is 26.6. The molecular weight excluding hydrogens is 578 g/mol. The van der Waals surface area contributed by atoms with E-state index in [-0.39, 0.29) is 12.2 Å². The van der Waals surface area contributed by atoms with E-state index in [2.05, 4.69) is 10.6 Å². The highest BCUT2D eigenvalue weighted by Crippen LogP contribution is 2.35. The van der Waals surface area contributed by atoms with Gasteiger partial charge < -0.3 is 39.6 Å². The maximum atomic E-state index is 12.4. The van der Waals surface area contributed by atoms with Crippen LogP contribution in [0.15, 0.2) is 42.5 Å². The number of rotatable bonds is 17. The highest BCUT2D eigenvalue weighted by molar-refractivity contribution is 5.92. The number of benzene rings is 2. The van der Waals surface area contributed by atoms with E-state index in [4.69, 9.17) is 24.1 Å². The molecule has 2 aromatic rings. The van der Waals surface area contributed by atoms with Crippen molar-refractivity contribution in [3.8, 4) is 5.75 Å². The standard InChI is InChI=1S/C34H47N3O8/c1-4-28(31(38)39)36-32(40)35-27-14-11-13-24(20-27)12-7-10-19-42-18-9-6-5-8-17-37-22-30(44-33(37)41)25-15-16-29-26(21-25)23-43-34(2,3)45-29/h11,13-16,20-21,28,30H,4-10,12,17-19,22-23H2,1-3H3,(H,38,39)(H2,35,36,40)/t28?,30-/m0/s1. The van der Waals surface area contributed by atoms with Gasteiger partial charge >= 0.3 is 18.1 Å². The van der Waals surface area contributed by atoms with Gasteiger partial charge in [0.1, 0.15) is 17.9 Å². The SMILES string of the molecule is CCC(NC(=O)Nc1cccc(CCCCOCCCCCCN2C[C@@H](c3ccc4c(c3)COC(C)(C)O4)OC2=O)c1)C(=O)O. The van der Waals surface area contributed by atoms with Crippen LogP contribution in [0.4, 0.5) is 15.3 Å². The molecule has 2 aliphatic rings. The van der Waals surface area contributed by atoms with Crippen molar-refractivity contribution in [1.82, 2.24) is 10.2 Å². The smallest absolute Gasteiger partial charge is 0.410 e. The van der Waals surface area contributed by atoms with Crippen LogP contribution in [-0.2, 0) is 32.0 Å². The maximum absolute atomic E-state index is 12.4. The summed E-state index contributed by atoms with van der Waals surface area (Å²) < 4.78 is 23.1. The van der Waals surface area contributed by atoms with Gasteiger partial charge in [-0.2, -0.15) is 0 Å². The van der Waals surface area contributed by atoms with E-state index in [0.29, 0.717) is 38.4 Å². The van der Waals surface area contributed by atoms with E-state index in [0.717, 1.165) is 74.0 Å². The van der Waals surface area contributed by atoms with Crippen molar-refractivity contribution in [3.05, 3.63) is 59.2 Å². The van der Waals surface area contributed by atoms with Gasteiger partial charge in [-0.15, -0.1) is 0 Å². The van der Waals surface area contributed by atoms with E-state index >= 15 is 0 Å². The number of fused-ring (bicyclic) bond motifs is 1. The third-order valence-electron chi connectivity index (χ3n) is 7.94. The van der Waals surface area contributed by atoms with Crippen LogP contribution in [0.1, 0.15) is 88.5 Å². The third kappa shape index (κ3) is 10.6. The number of ether oxygens (including phenoxy) is 4. The molecule has 11 nitrogen and oxygen atoms in total. The Morgan fingerprint density at radius 1 is 1.07 bits per heavy atom. The number of carboxylic acids is 1. The first-order valence-corrected chi connectivity index (χ1v) is 16.0. The summed E-state index contributed by atoms with van der Waals surface area (Å²) >= 11 is 0. The Labute approximate surface area is 265 Å². The number of aliphatic carboxylic acids is 1. The monoisotopic (exact) mass is 625 g/mol. The Balaban J connectivity index is 1.02. The van der Waals surface area contributed by atoms with Crippen LogP contribution in [0.2, 0.25) is 0 Å². The summed E-state index contributed by atoms with van der Waals surface area (Å²) in [6.07, 6.45) is 6.52. The Morgan fingerprint density at radius 3 is 2.62 bits per heavy atom. The fourth-order valence-electron chi connectivity index (χ4n) is 5.39. The number of unbranched alkanes of at least 4 members (excludes halogenated alkanes) is 4. The minimum Gasteiger partial charge on any atom is -0.480 e. The number of carboxylic acid groups (broad SMARTS) is 1. The molecule has 1 saturated heterocycles. The average molecular weight is 626 g/mol. The number of carbonyl (C=O) groups is 3. The van der Waals surface area contributed by atoms with Gasteiger partial charge in [0.15, 0.2) is 0 Å². The quantitative estimate of drug-likeness (QED) is 0.172. The molecule has 3 N–H and O–H groups in total.